The van der Waals surface area contributed by atoms with E-state index in [1.807, 2.05) is 0 Å². The van der Waals surface area contributed by atoms with Crippen LogP contribution in [0.2, 0.25) is 5.02 Å². The van der Waals surface area contributed by atoms with Gasteiger partial charge in [0.15, 0.2) is 5.78 Å². The van der Waals surface area contributed by atoms with Crippen LogP contribution >= 0.6 is 11.6 Å². The van der Waals surface area contributed by atoms with Gasteiger partial charge in [0, 0.05) is 25.1 Å². The topological polar surface area (TPSA) is 38.3 Å². The monoisotopic (exact) mass is 259 g/mol. The van der Waals surface area contributed by atoms with Gasteiger partial charge in [-0.3, -0.25) is 4.79 Å². The number of carbonyl (C=O) groups is 1. The van der Waals surface area contributed by atoms with Gasteiger partial charge in [-0.2, -0.15) is 0 Å². The Morgan fingerprint density at radius 1 is 1.53 bits per heavy atom. The Labute approximate surface area is 105 Å². The summed E-state index contributed by atoms with van der Waals surface area (Å²) >= 11 is 5.82. The molecule has 0 saturated carbocycles. The van der Waals surface area contributed by atoms with E-state index in [2.05, 4.69) is 5.32 Å². The van der Waals surface area contributed by atoms with E-state index in [4.69, 9.17) is 16.3 Å². The van der Waals surface area contributed by atoms with Gasteiger partial charge in [-0.05, 0) is 17.7 Å². The highest BCUT2D eigenvalue weighted by molar-refractivity contribution is 6.31. The Kier molecular flexibility index (Phi) is 6.11. The molecule has 0 aliphatic heterocycles. The van der Waals surface area contributed by atoms with E-state index < -0.39 is 5.82 Å². The number of halogens is 2. The van der Waals surface area contributed by atoms with Gasteiger partial charge >= 0.3 is 0 Å². The van der Waals surface area contributed by atoms with Gasteiger partial charge < -0.3 is 10.1 Å². The normalized spacial score (nSPS) is 10.5. The molecular formula is C12H15ClFNO2. The molecule has 0 heterocycles. The van der Waals surface area contributed by atoms with Crippen LogP contribution in [0.5, 0.6) is 0 Å². The lowest BCUT2D eigenvalue weighted by molar-refractivity contribution is -0.117. The first kappa shape index (κ1) is 14.1. The zero-order valence-electron chi connectivity index (χ0n) is 9.63. The number of nitrogens with one attached hydrogen (secondary N) is 1. The van der Waals surface area contributed by atoms with Crippen LogP contribution in [0, 0.1) is 5.82 Å². The third kappa shape index (κ3) is 5.26. The molecule has 0 aliphatic carbocycles. The summed E-state index contributed by atoms with van der Waals surface area (Å²) in [5, 5.41) is 3.23. The second kappa shape index (κ2) is 7.37. The Hall–Kier alpha value is -0.970. The first-order valence-corrected chi connectivity index (χ1v) is 5.66. The third-order valence-electron chi connectivity index (χ3n) is 2.21. The highest BCUT2D eigenvalue weighted by atomic mass is 35.5. The van der Waals surface area contributed by atoms with Crippen LogP contribution in [-0.2, 0) is 16.0 Å². The van der Waals surface area contributed by atoms with Gasteiger partial charge in [0.05, 0.1) is 13.2 Å². The van der Waals surface area contributed by atoms with Crippen LogP contribution < -0.4 is 5.32 Å². The second-order valence-electron chi connectivity index (χ2n) is 3.62. The number of benzene rings is 1. The van der Waals surface area contributed by atoms with Gasteiger partial charge in [0.1, 0.15) is 5.82 Å². The molecule has 17 heavy (non-hydrogen) atoms. The minimum absolute atomic E-state index is 0.00890. The summed E-state index contributed by atoms with van der Waals surface area (Å²) in [5.41, 5.74) is 0.645. The molecule has 3 nitrogen and oxygen atoms in total. The summed E-state index contributed by atoms with van der Waals surface area (Å²) < 4.78 is 17.6. The van der Waals surface area contributed by atoms with Crippen molar-refractivity contribution in [2.45, 2.75) is 6.42 Å². The lowest BCUT2D eigenvalue weighted by atomic mass is 10.1. The molecule has 1 aromatic carbocycles. The highest BCUT2D eigenvalue weighted by Gasteiger charge is 2.07. The minimum Gasteiger partial charge on any atom is -0.383 e. The molecule has 0 amide bonds. The minimum atomic E-state index is -0.399. The van der Waals surface area contributed by atoms with Crippen molar-refractivity contribution in [2.24, 2.45) is 0 Å². The van der Waals surface area contributed by atoms with Crippen LogP contribution in [0.4, 0.5) is 4.39 Å². The fraction of sp³-hybridized carbons (Fsp3) is 0.417. The Morgan fingerprint density at radius 3 is 2.94 bits per heavy atom. The van der Waals surface area contributed by atoms with Crippen molar-refractivity contribution in [1.82, 2.24) is 5.32 Å². The fourth-order valence-electron chi connectivity index (χ4n) is 1.34. The molecule has 94 valence electrons. The quantitative estimate of drug-likeness (QED) is 0.760. The standard InChI is InChI=1S/C12H15ClFNO2/c1-17-5-4-15-8-11(16)6-9-2-3-10(14)7-12(9)13/h2-3,7,15H,4-6,8H2,1H3. The molecule has 1 N–H and O–H groups in total. The predicted molar refractivity (Wildman–Crippen MR) is 64.9 cm³/mol. The van der Waals surface area contributed by atoms with Crippen LogP contribution in [0.3, 0.4) is 0 Å². The van der Waals surface area contributed by atoms with Gasteiger partial charge in [0.25, 0.3) is 0 Å². The second-order valence-corrected chi connectivity index (χ2v) is 4.03. The molecule has 0 unspecified atom stereocenters. The first-order valence-electron chi connectivity index (χ1n) is 5.28. The molecule has 0 atom stereocenters. The number of Topliss-reactive ketones (excluding diaryl/α,β-unsaturated/α-hetero) is 1. The molecule has 1 aromatic rings. The van der Waals surface area contributed by atoms with Gasteiger partial charge in [-0.1, -0.05) is 17.7 Å². The molecule has 0 bridgehead atoms. The number of ether oxygens (including phenoxy) is 1. The maximum absolute atomic E-state index is 12.8. The molecule has 1 rings (SSSR count). The van der Waals surface area contributed by atoms with Crippen molar-refractivity contribution >= 4 is 17.4 Å². The van der Waals surface area contributed by atoms with E-state index in [1.54, 1.807) is 7.11 Å². The summed E-state index contributed by atoms with van der Waals surface area (Å²) in [6, 6.07) is 4.04. The SMILES string of the molecule is COCCNCC(=O)Cc1ccc(F)cc1Cl. The van der Waals surface area contributed by atoms with E-state index in [0.717, 1.165) is 0 Å². The number of rotatable bonds is 7. The first-order chi connectivity index (χ1) is 8.13. The fourth-order valence-corrected chi connectivity index (χ4v) is 1.58. The number of methoxy groups -OCH3 is 1. The molecule has 0 aliphatic rings. The Balaban J connectivity index is 2.40. The van der Waals surface area contributed by atoms with Gasteiger partial charge in [0.2, 0.25) is 0 Å². The highest BCUT2D eigenvalue weighted by Crippen LogP contribution is 2.17. The van der Waals surface area contributed by atoms with E-state index in [1.165, 1.54) is 18.2 Å². The molecule has 0 fully saturated rings. The summed E-state index contributed by atoms with van der Waals surface area (Å²) in [4.78, 5) is 11.6. The van der Waals surface area contributed by atoms with Crippen molar-refractivity contribution in [2.75, 3.05) is 26.8 Å². The Bertz CT molecular complexity index is 385. The van der Waals surface area contributed by atoms with E-state index in [-0.39, 0.29) is 23.8 Å². The van der Waals surface area contributed by atoms with Crippen LogP contribution in [0.15, 0.2) is 18.2 Å². The molecule has 0 aromatic heterocycles. The average Bonchev–Trinajstić information content (AvgIpc) is 2.28. The zero-order chi connectivity index (χ0) is 12.7. The zero-order valence-corrected chi connectivity index (χ0v) is 10.4. The third-order valence-corrected chi connectivity index (χ3v) is 2.56. The van der Waals surface area contributed by atoms with Gasteiger partial charge in [-0.25, -0.2) is 4.39 Å². The summed E-state index contributed by atoms with van der Waals surface area (Å²) in [5.74, 6) is -0.390. The van der Waals surface area contributed by atoms with Crippen molar-refractivity contribution < 1.29 is 13.9 Å². The number of hydrogen-bond acceptors (Lipinski definition) is 3. The largest absolute Gasteiger partial charge is 0.383 e. The molecule has 0 radical (unpaired) electrons. The smallest absolute Gasteiger partial charge is 0.151 e. The van der Waals surface area contributed by atoms with Crippen molar-refractivity contribution in [1.29, 1.82) is 0 Å². The molecule has 0 spiro atoms. The molecule has 5 heteroatoms. The van der Waals surface area contributed by atoms with Gasteiger partial charge in [-0.15, -0.1) is 0 Å². The van der Waals surface area contributed by atoms with Crippen molar-refractivity contribution in [3.05, 3.63) is 34.6 Å². The van der Waals surface area contributed by atoms with Crippen LogP contribution in [0.1, 0.15) is 5.56 Å². The van der Waals surface area contributed by atoms with E-state index >= 15 is 0 Å². The van der Waals surface area contributed by atoms with Crippen LogP contribution in [0.25, 0.3) is 0 Å². The lowest BCUT2D eigenvalue weighted by Crippen LogP contribution is -2.27. The van der Waals surface area contributed by atoms with E-state index in [9.17, 15) is 9.18 Å². The number of carbonyl (C=O) groups excluding carboxylic acids is 1. The van der Waals surface area contributed by atoms with Crippen LogP contribution in [-0.4, -0.2) is 32.6 Å². The number of ketones is 1. The number of hydrogen-bond donors (Lipinski definition) is 1. The summed E-state index contributed by atoms with van der Waals surface area (Å²) in [6.07, 6.45) is 0.207. The van der Waals surface area contributed by atoms with Crippen molar-refractivity contribution in [3.8, 4) is 0 Å². The predicted octanol–water partition coefficient (Wildman–Crippen LogP) is 1.83. The average molecular weight is 260 g/mol. The molecule has 0 saturated heterocycles. The lowest BCUT2D eigenvalue weighted by Gasteiger charge is -2.05. The van der Waals surface area contributed by atoms with Crippen molar-refractivity contribution in [3.63, 3.8) is 0 Å². The Morgan fingerprint density at radius 2 is 2.29 bits per heavy atom. The maximum Gasteiger partial charge on any atom is 0.151 e. The van der Waals surface area contributed by atoms with E-state index in [0.29, 0.717) is 18.7 Å². The summed E-state index contributed by atoms with van der Waals surface area (Å²) in [6.45, 7) is 1.45. The maximum atomic E-state index is 12.8. The molecular weight excluding hydrogens is 245 g/mol. The summed E-state index contributed by atoms with van der Waals surface area (Å²) in [7, 11) is 1.60.